The maximum Gasteiger partial charge on any atom is 0.319 e. The number of rotatable bonds is 6. The lowest BCUT2D eigenvalue weighted by Gasteiger charge is -2.17. The number of urea groups is 1. The highest BCUT2D eigenvalue weighted by Gasteiger charge is 2.12. The van der Waals surface area contributed by atoms with Crippen LogP contribution in [0.1, 0.15) is 50.7 Å². The number of nitrogens with zero attached hydrogens (tertiary/aromatic N) is 4. The quantitative estimate of drug-likeness (QED) is 0.858. The maximum absolute atomic E-state index is 12.0. The zero-order valence-corrected chi connectivity index (χ0v) is 14.1. The lowest BCUT2D eigenvalue weighted by atomic mass is 9.94. The van der Waals surface area contributed by atoms with E-state index in [1.165, 1.54) is 16.7 Å². The molecule has 7 heteroatoms. The van der Waals surface area contributed by atoms with Crippen LogP contribution in [0.15, 0.2) is 24.5 Å². The SMILES string of the molecule is CC(C)c1ccc(NC(=O)NCCn2ncnn2)c(C(C)C)c1. The van der Waals surface area contributed by atoms with Gasteiger partial charge in [-0.05, 0) is 34.2 Å². The summed E-state index contributed by atoms with van der Waals surface area (Å²) in [5.41, 5.74) is 3.27. The molecule has 0 saturated heterocycles. The molecule has 0 saturated carbocycles. The van der Waals surface area contributed by atoms with Crippen LogP contribution in [0.5, 0.6) is 0 Å². The van der Waals surface area contributed by atoms with E-state index < -0.39 is 0 Å². The van der Waals surface area contributed by atoms with Crippen molar-refractivity contribution in [1.82, 2.24) is 25.5 Å². The average molecular weight is 316 g/mol. The Morgan fingerprint density at radius 3 is 2.61 bits per heavy atom. The van der Waals surface area contributed by atoms with Gasteiger partial charge in [0.25, 0.3) is 0 Å². The summed E-state index contributed by atoms with van der Waals surface area (Å²) in [6, 6.07) is 5.98. The lowest BCUT2D eigenvalue weighted by molar-refractivity contribution is 0.251. The van der Waals surface area contributed by atoms with Gasteiger partial charge in [0.15, 0.2) is 6.33 Å². The van der Waals surface area contributed by atoms with Gasteiger partial charge in [-0.2, -0.15) is 4.80 Å². The van der Waals surface area contributed by atoms with E-state index in [0.29, 0.717) is 24.9 Å². The van der Waals surface area contributed by atoms with Crippen molar-refractivity contribution >= 4 is 11.7 Å². The Hall–Kier alpha value is -2.44. The van der Waals surface area contributed by atoms with Crippen LogP contribution in [0.4, 0.5) is 10.5 Å². The Morgan fingerprint density at radius 1 is 1.22 bits per heavy atom. The molecule has 1 aromatic carbocycles. The molecule has 1 heterocycles. The molecule has 0 aliphatic carbocycles. The van der Waals surface area contributed by atoms with Gasteiger partial charge in [-0.25, -0.2) is 4.79 Å². The second-order valence-corrected chi connectivity index (χ2v) is 6.07. The predicted molar refractivity (Wildman–Crippen MR) is 89.5 cm³/mol. The normalized spacial score (nSPS) is 11.0. The van der Waals surface area contributed by atoms with Crippen LogP contribution in [0.25, 0.3) is 0 Å². The third-order valence-corrected chi connectivity index (χ3v) is 3.60. The summed E-state index contributed by atoms with van der Waals surface area (Å²) in [6.45, 7) is 9.49. The van der Waals surface area contributed by atoms with Crippen molar-refractivity contribution in [2.24, 2.45) is 0 Å². The molecular formula is C16H24N6O. The summed E-state index contributed by atoms with van der Waals surface area (Å²) in [5, 5.41) is 17.0. The van der Waals surface area contributed by atoms with Gasteiger partial charge < -0.3 is 10.6 Å². The molecule has 2 amide bonds. The number of carbonyl (C=O) groups is 1. The number of hydrogen-bond donors (Lipinski definition) is 2. The Kier molecular flexibility index (Phi) is 5.67. The molecule has 0 aliphatic rings. The van der Waals surface area contributed by atoms with Crippen LogP contribution in [0.2, 0.25) is 0 Å². The molecule has 0 bridgehead atoms. The van der Waals surface area contributed by atoms with E-state index in [9.17, 15) is 4.79 Å². The summed E-state index contributed by atoms with van der Waals surface area (Å²) in [7, 11) is 0. The van der Waals surface area contributed by atoms with Crippen LogP contribution in [-0.4, -0.2) is 32.8 Å². The van der Waals surface area contributed by atoms with Crippen molar-refractivity contribution in [3.8, 4) is 0 Å². The Labute approximate surface area is 136 Å². The number of anilines is 1. The zero-order valence-electron chi connectivity index (χ0n) is 14.1. The number of nitrogens with one attached hydrogen (secondary N) is 2. The molecule has 0 radical (unpaired) electrons. The third-order valence-electron chi connectivity index (χ3n) is 3.60. The molecule has 0 aliphatic heterocycles. The van der Waals surface area contributed by atoms with Crippen LogP contribution in [-0.2, 0) is 6.54 Å². The van der Waals surface area contributed by atoms with Gasteiger partial charge in [0.05, 0.1) is 6.54 Å². The van der Waals surface area contributed by atoms with Crippen molar-refractivity contribution < 1.29 is 4.79 Å². The first-order valence-corrected chi connectivity index (χ1v) is 7.87. The highest BCUT2D eigenvalue weighted by atomic mass is 16.2. The van der Waals surface area contributed by atoms with E-state index in [1.54, 1.807) is 0 Å². The standard InChI is InChI=1S/C16H24N6O/c1-11(2)13-5-6-15(14(9-13)12(3)4)20-16(23)17-7-8-22-19-10-18-21-22/h5-6,9-12H,7-8H2,1-4H3,(H2,17,20,23). The topological polar surface area (TPSA) is 84.7 Å². The predicted octanol–water partition coefficient (Wildman–Crippen LogP) is 2.74. The van der Waals surface area contributed by atoms with E-state index in [-0.39, 0.29) is 6.03 Å². The van der Waals surface area contributed by atoms with Crippen molar-refractivity contribution in [3.05, 3.63) is 35.7 Å². The molecule has 0 atom stereocenters. The fourth-order valence-electron chi connectivity index (χ4n) is 2.26. The van der Waals surface area contributed by atoms with Crippen molar-refractivity contribution in [2.75, 3.05) is 11.9 Å². The summed E-state index contributed by atoms with van der Waals surface area (Å²) < 4.78 is 0. The van der Waals surface area contributed by atoms with Gasteiger partial charge in [0, 0.05) is 12.2 Å². The van der Waals surface area contributed by atoms with Crippen LogP contribution >= 0.6 is 0 Å². The summed E-state index contributed by atoms with van der Waals surface area (Å²) in [5.74, 6) is 0.800. The van der Waals surface area contributed by atoms with Gasteiger partial charge in [-0.15, -0.1) is 10.2 Å². The first kappa shape index (κ1) is 16.9. The number of tetrazole rings is 1. The van der Waals surface area contributed by atoms with Crippen LogP contribution in [0.3, 0.4) is 0 Å². The number of aromatic nitrogens is 4. The number of hydrogen-bond acceptors (Lipinski definition) is 4. The van der Waals surface area contributed by atoms with Gasteiger partial charge in [-0.3, -0.25) is 0 Å². The number of benzene rings is 1. The molecule has 7 nitrogen and oxygen atoms in total. The first-order valence-electron chi connectivity index (χ1n) is 7.87. The largest absolute Gasteiger partial charge is 0.336 e. The zero-order chi connectivity index (χ0) is 16.8. The number of carbonyl (C=O) groups excluding carboxylic acids is 1. The Balaban J connectivity index is 1.96. The summed E-state index contributed by atoms with van der Waals surface area (Å²) in [4.78, 5) is 13.5. The Bertz CT molecular complexity index is 636. The summed E-state index contributed by atoms with van der Waals surface area (Å²) >= 11 is 0. The average Bonchev–Trinajstić information content (AvgIpc) is 3.00. The molecule has 2 aromatic rings. The van der Waals surface area contributed by atoms with Crippen molar-refractivity contribution in [3.63, 3.8) is 0 Å². The smallest absolute Gasteiger partial charge is 0.319 e. The van der Waals surface area contributed by atoms with Crippen molar-refractivity contribution in [2.45, 2.75) is 46.1 Å². The van der Waals surface area contributed by atoms with E-state index in [2.05, 4.69) is 65.9 Å². The fourth-order valence-corrected chi connectivity index (χ4v) is 2.26. The first-order chi connectivity index (χ1) is 11.0. The molecule has 0 unspecified atom stereocenters. The van der Waals surface area contributed by atoms with E-state index >= 15 is 0 Å². The van der Waals surface area contributed by atoms with Crippen LogP contribution in [0, 0.1) is 0 Å². The lowest BCUT2D eigenvalue weighted by Crippen LogP contribution is -2.32. The Morgan fingerprint density at radius 2 is 2.00 bits per heavy atom. The minimum absolute atomic E-state index is 0.232. The number of amides is 2. The molecule has 2 N–H and O–H groups in total. The van der Waals surface area contributed by atoms with E-state index in [0.717, 1.165) is 11.3 Å². The van der Waals surface area contributed by atoms with E-state index in [1.807, 2.05) is 6.07 Å². The molecule has 1 aromatic heterocycles. The highest BCUT2D eigenvalue weighted by molar-refractivity contribution is 5.90. The van der Waals surface area contributed by atoms with Gasteiger partial charge in [-0.1, -0.05) is 39.8 Å². The molecule has 124 valence electrons. The second-order valence-electron chi connectivity index (χ2n) is 6.07. The van der Waals surface area contributed by atoms with Gasteiger partial charge in [0.1, 0.15) is 0 Å². The molecule has 23 heavy (non-hydrogen) atoms. The van der Waals surface area contributed by atoms with Crippen LogP contribution < -0.4 is 10.6 Å². The minimum atomic E-state index is -0.232. The third kappa shape index (κ3) is 4.77. The molecule has 2 rings (SSSR count). The molecule has 0 fully saturated rings. The second kappa shape index (κ2) is 7.71. The molecule has 0 spiro atoms. The molecular weight excluding hydrogens is 292 g/mol. The van der Waals surface area contributed by atoms with Crippen molar-refractivity contribution in [1.29, 1.82) is 0 Å². The minimum Gasteiger partial charge on any atom is -0.336 e. The monoisotopic (exact) mass is 316 g/mol. The van der Waals surface area contributed by atoms with Gasteiger partial charge >= 0.3 is 6.03 Å². The van der Waals surface area contributed by atoms with E-state index in [4.69, 9.17) is 0 Å². The highest BCUT2D eigenvalue weighted by Crippen LogP contribution is 2.28. The fraction of sp³-hybridized carbons (Fsp3) is 0.500. The summed E-state index contributed by atoms with van der Waals surface area (Å²) in [6.07, 6.45) is 1.37. The van der Waals surface area contributed by atoms with Gasteiger partial charge in [0.2, 0.25) is 0 Å². The maximum atomic E-state index is 12.0.